The van der Waals surface area contributed by atoms with Crippen LogP contribution in [0.5, 0.6) is 11.5 Å². The van der Waals surface area contributed by atoms with Gasteiger partial charge in [-0.25, -0.2) is 4.39 Å². The largest absolute Gasteiger partial charge is 0.497 e. The van der Waals surface area contributed by atoms with E-state index in [0.717, 1.165) is 11.3 Å². The summed E-state index contributed by atoms with van der Waals surface area (Å²) in [5, 5.41) is 3.89. The highest BCUT2D eigenvalue weighted by molar-refractivity contribution is 6.03. The average Bonchev–Trinajstić information content (AvgIpc) is 3.26. The third kappa shape index (κ3) is 3.16. The lowest BCUT2D eigenvalue weighted by molar-refractivity contribution is 0.0986. The zero-order chi connectivity index (χ0) is 19.0. The quantitative estimate of drug-likeness (QED) is 0.673. The third-order valence-electron chi connectivity index (χ3n) is 4.58. The topological polar surface area (TPSA) is 74.5 Å². The third-order valence-corrected chi connectivity index (χ3v) is 4.58. The fourth-order valence-corrected chi connectivity index (χ4v) is 3.25. The summed E-state index contributed by atoms with van der Waals surface area (Å²) in [6, 6.07) is 10.00. The number of fused-ring (bicyclic) bond motifs is 1. The van der Waals surface area contributed by atoms with Crippen molar-refractivity contribution in [3.63, 3.8) is 0 Å². The normalized spacial score (nSPS) is 15.7. The lowest BCUT2D eigenvalue weighted by Crippen LogP contribution is -2.03. The molecular formula is C20H17FN2O4. The molecule has 3 aromatic rings. The molecule has 27 heavy (non-hydrogen) atoms. The molecule has 2 aromatic carbocycles. The highest BCUT2D eigenvalue weighted by Gasteiger charge is 2.32. The lowest BCUT2D eigenvalue weighted by Gasteiger charge is -2.10. The summed E-state index contributed by atoms with van der Waals surface area (Å²) < 4.78 is 30.1. The summed E-state index contributed by atoms with van der Waals surface area (Å²) in [7, 11) is 1.59. The van der Waals surface area contributed by atoms with Gasteiger partial charge in [-0.05, 0) is 42.3 Å². The first-order chi connectivity index (χ1) is 13.1. The van der Waals surface area contributed by atoms with E-state index in [2.05, 4.69) is 10.1 Å². The Kier molecular flexibility index (Phi) is 4.35. The predicted octanol–water partition coefficient (Wildman–Crippen LogP) is 4.15. The summed E-state index contributed by atoms with van der Waals surface area (Å²) in [5.41, 5.74) is 1.49. The van der Waals surface area contributed by atoms with Gasteiger partial charge in [0.2, 0.25) is 5.82 Å². The molecule has 0 aliphatic heterocycles. The zero-order valence-corrected chi connectivity index (χ0v) is 14.9. The Labute approximate surface area is 154 Å². The highest BCUT2D eigenvalue weighted by atomic mass is 19.1. The molecule has 0 unspecified atom stereocenters. The van der Waals surface area contributed by atoms with E-state index in [4.69, 9.17) is 14.0 Å². The second kappa shape index (κ2) is 6.83. The van der Waals surface area contributed by atoms with Crippen molar-refractivity contribution in [1.29, 1.82) is 0 Å². The van der Waals surface area contributed by atoms with Crippen molar-refractivity contribution in [2.75, 3.05) is 7.11 Å². The van der Waals surface area contributed by atoms with Crippen LogP contribution in [0.15, 0.2) is 40.9 Å². The predicted molar refractivity (Wildman–Crippen MR) is 94.4 cm³/mol. The molecule has 1 aliphatic rings. The first kappa shape index (κ1) is 17.2. The molecule has 1 heterocycles. The van der Waals surface area contributed by atoms with Crippen molar-refractivity contribution >= 4 is 5.78 Å². The van der Waals surface area contributed by atoms with Crippen LogP contribution in [-0.2, 0) is 6.61 Å². The van der Waals surface area contributed by atoms with Crippen LogP contribution in [0.4, 0.5) is 4.39 Å². The van der Waals surface area contributed by atoms with Gasteiger partial charge in [-0.2, -0.15) is 4.98 Å². The van der Waals surface area contributed by atoms with Gasteiger partial charge < -0.3 is 14.0 Å². The number of hydrogen-bond donors (Lipinski definition) is 0. The number of hydrogen-bond acceptors (Lipinski definition) is 6. The lowest BCUT2D eigenvalue weighted by atomic mass is 10.0. The fraction of sp³-hybridized carbons (Fsp3) is 0.250. The van der Waals surface area contributed by atoms with Crippen molar-refractivity contribution in [1.82, 2.24) is 10.1 Å². The molecular weight excluding hydrogens is 351 g/mol. The summed E-state index contributed by atoms with van der Waals surface area (Å²) in [6.45, 7) is 1.84. The molecule has 7 heteroatoms. The maximum atomic E-state index is 14.0. The van der Waals surface area contributed by atoms with E-state index >= 15 is 0 Å². The number of nitrogens with zero attached hydrogens (tertiary/aromatic N) is 2. The van der Waals surface area contributed by atoms with Crippen molar-refractivity contribution in [2.24, 2.45) is 0 Å². The van der Waals surface area contributed by atoms with E-state index in [9.17, 15) is 9.18 Å². The molecule has 0 bridgehead atoms. The Bertz CT molecular complexity index is 998. The minimum atomic E-state index is -0.378. The summed E-state index contributed by atoms with van der Waals surface area (Å²) >= 11 is 0. The Morgan fingerprint density at radius 3 is 2.74 bits per heavy atom. The second-order valence-electron chi connectivity index (χ2n) is 6.40. The number of aromatic nitrogens is 2. The Balaban J connectivity index is 1.52. The first-order valence-corrected chi connectivity index (χ1v) is 8.52. The molecule has 0 N–H and O–H groups in total. The van der Waals surface area contributed by atoms with Crippen molar-refractivity contribution in [2.45, 2.75) is 25.9 Å². The SMILES string of the molecule is COc1ccc(-c2nc(COc3ccc(F)c4c3C(=O)C[C@@H]4C)no2)cc1. The molecule has 6 nitrogen and oxygen atoms in total. The van der Waals surface area contributed by atoms with E-state index < -0.39 is 0 Å². The minimum Gasteiger partial charge on any atom is -0.497 e. The standard InChI is InChI=1S/C20H17FN2O4/c1-11-9-15(24)19-16(8-7-14(21)18(11)19)26-10-17-22-20(27-23-17)12-3-5-13(25-2)6-4-12/h3-8,11H,9-10H2,1-2H3/t11-/m0/s1. The van der Waals surface area contributed by atoms with Gasteiger partial charge in [0.25, 0.3) is 5.89 Å². The molecule has 1 aliphatic carbocycles. The van der Waals surface area contributed by atoms with Crippen molar-refractivity contribution in [3.05, 3.63) is 59.2 Å². The number of carbonyl (C=O) groups is 1. The van der Waals surface area contributed by atoms with Gasteiger partial charge in [0, 0.05) is 17.5 Å². The minimum absolute atomic E-state index is 0.0133. The molecule has 0 amide bonds. The molecule has 1 atom stereocenters. The van der Waals surface area contributed by atoms with E-state index in [0.29, 0.717) is 28.6 Å². The maximum absolute atomic E-state index is 14.0. The van der Waals surface area contributed by atoms with E-state index in [-0.39, 0.29) is 30.5 Å². The Morgan fingerprint density at radius 2 is 2.00 bits per heavy atom. The highest BCUT2D eigenvalue weighted by Crippen LogP contribution is 2.39. The van der Waals surface area contributed by atoms with Crippen molar-refractivity contribution in [3.8, 4) is 23.0 Å². The monoisotopic (exact) mass is 368 g/mol. The van der Waals surface area contributed by atoms with Crippen LogP contribution < -0.4 is 9.47 Å². The number of rotatable bonds is 5. The van der Waals surface area contributed by atoms with Gasteiger partial charge in [-0.3, -0.25) is 4.79 Å². The van der Waals surface area contributed by atoms with Gasteiger partial charge in [0.15, 0.2) is 12.4 Å². The van der Waals surface area contributed by atoms with Gasteiger partial charge in [0.05, 0.1) is 12.7 Å². The molecule has 138 valence electrons. The van der Waals surface area contributed by atoms with E-state index in [1.54, 1.807) is 19.2 Å². The Hall–Kier alpha value is -3.22. The maximum Gasteiger partial charge on any atom is 0.258 e. The number of Topliss-reactive ketones (excluding diaryl/α,β-unsaturated/α-hetero) is 1. The van der Waals surface area contributed by atoms with Crippen LogP contribution in [0, 0.1) is 5.82 Å². The molecule has 0 spiro atoms. The van der Waals surface area contributed by atoms with Crippen LogP contribution in [0.3, 0.4) is 0 Å². The van der Waals surface area contributed by atoms with Gasteiger partial charge in [-0.1, -0.05) is 12.1 Å². The summed E-state index contributed by atoms with van der Waals surface area (Å²) in [5.74, 6) is 1.11. The van der Waals surface area contributed by atoms with E-state index in [1.807, 2.05) is 19.1 Å². The molecule has 4 rings (SSSR count). The molecule has 1 aromatic heterocycles. The van der Waals surface area contributed by atoms with E-state index in [1.165, 1.54) is 12.1 Å². The number of benzene rings is 2. The number of ketones is 1. The Morgan fingerprint density at radius 1 is 1.22 bits per heavy atom. The van der Waals surface area contributed by atoms with Crippen molar-refractivity contribution < 1.29 is 23.2 Å². The number of ether oxygens (including phenoxy) is 2. The zero-order valence-electron chi connectivity index (χ0n) is 14.9. The van der Waals surface area contributed by atoms with Crippen LogP contribution in [0.25, 0.3) is 11.5 Å². The van der Waals surface area contributed by atoms with Crippen LogP contribution in [0.2, 0.25) is 0 Å². The summed E-state index contributed by atoms with van der Waals surface area (Å²) in [4.78, 5) is 16.5. The van der Waals surface area contributed by atoms with Gasteiger partial charge >= 0.3 is 0 Å². The molecule has 0 fully saturated rings. The fourth-order valence-electron chi connectivity index (χ4n) is 3.25. The smallest absolute Gasteiger partial charge is 0.258 e. The van der Waals surface area contributed by atoms with Crippen LogP contribution >= 0.6 is 0 Å². The summed E-state index contributed by atoms with van der Waals surface area (Å²) in [6.07, 6.45) is 0.288. The first-order valence-electron chi connectivity index (χ1n) is 8.52. The number of carbonyl (C=O) groups excluding carboxylic acids is 1. The number of halogens is 1. The number of methoxy groups -OCH3 is 1. The van der Waals surface area contributed by atoms with Gasteiger partial charge in [0.1, 0.15) is 17.3 Å². The molecule has 0 saturated carbocycles. The molecule has 0 radical (unpaired) electrons. The van der Waals surface area contributed by atoms with Crippen LogP contribution in [0.1, 0.15) is 41.0 Å². The van der Waals surface area contributed by atoms with Gasteiger partial charge in [-0.15, -0.1) is 0 Å². The second-order valence-corrected chi connectivity index (χ2v) is 6.40. The van der Waals surface area contributed by atoms with Crippen LogP contribution in [-0.4, -0.2) is 23.0 Å². The average molecular weight is 368 g/mol. The molecule has 0 saturated heterocycles.